The lowest BCUT2D eigenvalue weighted by Gasteiger charge is -2.08. The molecule has 134 valence electrons. The van der Waals surface area contributed by atoms with Crippen LogP contribution in [0.5, 0.6) is 11.5 Å². The van der Waals surface area contributed by atoms with E-state index in [1.807, 2.05) is 18.3 Å². The van der Waals surface area contributed by atoms with Crippen LogP contribution in [0.1, 0.15) is 10.4 Å². The second kappa shape index (κ2) is 9.33. The average Bonchev–Trinajstić information content (AvgIpc) is 3.19. The van der Waals surface area contributed by atoms with Gasteiger partial charge in [0.2, 0.25) is 0 Å². The van der Waals surface area contributed by atoms with E-state index in [1.54, 1.807) is 53.6 Å². The molecule has 0 bridgehead atoms. The number of carbonyl (C=O) groups is 1. The molecule has 7 heteroatoms. The number of rotatable bonds is 9. The van der Waals surface area contributed by atoms with Gasteiger partial charge in [-0.15, -0.1) is 0 Å². The molecule has 0 aliphatic heterocycles. The van der Waals surface area contributed by atoms with E-state index >= 15 is 0 Å². The zero-order valence-electron chi connectivity index (χ0n) is 14.2. The van der Waals surface area contributed by atoms with Gasteiger partial charge in [0.25, 0.3) is 0 Å². The van der Waals surface area contributed by atoms with Crippen LogP contribution in [0, 0.1) is 0 Å². The monoisotopic (exact) mass is 353 g/mol. The van der Waals surface area contributed by atoms with Crippen LogP contribution in [0.25, 0.3) is 0 Å². The van der Waals surface area contributed by atoms with Gasteiger partial charge in [-0.3, -0.25) is 9.67 Å². The Balaban J connectivity index is 1.36. The normalized spacial score (nSPS) is 10.5. The first-order chi connectivity index (χ1) is 12.8. The number of ether oxygens (including phenoxy) is 3. The van der Waals surface area contributed by atoms with E-state index in [4.69, 9.17) is 14.2 Å². The number of nitrogens with zero attached hydrogens (tertiary/aromatic N) is 3. The molecule has 0 spiro atoms. The first-order valence-corrected chi connectivity index (χ1v) is 8.21. The van der Waals surface area contributed by atoms with Crippen molar-refractivity contribution in [2.75, 3.05) is 19.8 Å². The van der Waals surface area contributed by atoms with Gasteiger partial charge < -0.3 is 14.2 Å². The molecule has 3 rings (SSSR count). The molecule has 0 aliphatic carbocycles. The SMILES string of the molecule is O=C(OCCOCCn1cccn1)c1ccc(Oc2cccnc2)cc1. The lowest BCUT2D eigenvalue weighted by Crippen LogP contribution is -2.13. The van der Waals surface area contributed by atoms with E-state index < -0.39 is 5.97 Å². The molecule has 3 aromatic rings. The molecular weight excluding hydrogens is 334 g/mol. The van der Waals surface area contributed by atoms with Crippen molar-refractivity contribution >= 4 is 5.97 Å². The second-order valence-corrected chi connectivity index (χ2v) is 5.33. The average molecular weight is 353 g/mol. The molecule has 1 aromatic carbocycles. The maximum Gasteiger partial charge on any atom is 0.338 e. The zero-order valence-corrected chi connectivity index (χ0v) is 14.2. The van der Waals surface area contributed by atoms with Crippen molar-refractivity contribution in [2.24, 2.45) is 0 Å². The molecule has 2 heterocycles. The molecule has 0 N–H and O–H groups in total. The molecule has 2 aromatic heterocycles. The van der Waals surface area contributed by atoms with Crippen LogP contribution in [-0.4, -0.2) is 40.6 Å². The highest BCUT2D eigenvalue weighted by atomic mass is 16.6. The minimum absolute atomic E-state index is 0.200. The van der Waals surface area contributed by atoms with Crippen molar-refractivity contribution in [1.82, 2.24) is 14.8 Å². The second-order valence-electron chi connectivity index (χ2n) is 5.33. The smallest absolute Gasteiger partial charge is 0.338 e. The standard InChI is InChI=1S/C19H19N3O4/c23-19(25-14-13-24-12-11-22-10-2-9-21-22)16-4-6-17(7-5-16)26-18-3-1-8-20-15-18/h1-10,15H,11-14H2. The fourth-order valence-corrected chi connectivity index (χ4v) is 2.17. The highest BCUT2D eigenvalue weighted by molar-refractivity contribution is 5.89. The summed E-state index contributed by atoms with van der Waals surface area (Å²) in [6, 6.07) is 12.2. The third-order valence-corrected chi connectivity index (χ3v) is 3.44. The maximum absolute atomic E-state index is 12.0. The van der Waals surface area contributed by atoms with E-state index in [1.165, 1.54) is 0 Å². The Labute approximate surface area is 151 Å². The van der Waals surface area contributed by atoms with Crippen LogP contribution < -0.4 is 4.74 Å². The van der Waals surface area contributed by atoms with Gasteiger partial charge in [-0.25, -0.2) is 4.79 Å². The lowest BCUT2D eigenvalue weighted by atomic mass is 10.2. The highest BCUT2D eigenvalue weighted by Gasteiger charge is 2.07. The van der Waals surface area contributed by atoms with Crippen molar-refractivity contribution < 1.29 is 19.0 Å². The van der Waals surface area contributed by atoms with Crippen molar-refractivity contribution in [3.05, 3.63) is 72.8 Å². The van der Waals surface area contributed by atoms with Crippen molar-refractivity contribution in [3.63, 3.8) is 0 Å². The summed E-state index contributed by atoms with van der Waals surface area (Å²) in [6.45, 7) is 1.72. The van der Waals surface area contributed by atoms with Crippen LogP contribution in [0.15, 0.2) is 67.3 Å². The molecule has 0 saturated heterocycles. The Morgan fingerprint density at radius 1 is 0.962 bits per heavy atom. The van der Waals surface area contributed by atoms with Gasteiger partial charge >= 0.3 is 5.97 Å². The van der Waals surface area contributed by atoms with Gasteiger partial charge in [-0.1, -0.05) is 0 Å². The van der Waals surface area contributed by atoms with Crippen molar-refractivity contribution in [3.8, 4) is 11.5 Å². The summed E-state index contributed by atoms with van der Waals surface area (Å²) in [7, 11) is 0. The predicted molar refractivity (Wildman–Crippen MR) is 94.1 cm³/mol. The molecule has 0 saturated carbocycles. The number of aromatic nitrogens is 3. The number of benzene rings is 1. The Kier molecular flexibility index (Phi) is 6.33. The summed E-state index contributed by atoms with van der Waals surface area (Å²) in [5.74, 6) is 0.861. The van der Waals surface area contributed by atoms with E-state index in [2.05, 4.69) is 10.1 Å². The summed E-state index contributed by atoms with van der Waals surface area (Å²) >= 11 is 0. The highest BCUT2D eigenvalue weighted by Crippen LogP contribution is 2.20. The van der Waals surface area contributed by atoms with E-state index in [-0.39, 0.29) is 6.61 Å². The van der Waals surface area contributed by atoms with Gasteiger partial charge in [-0.2, -0.15) is 5.10 Å². The Morgan fingerprint density at radius 3 is 2.58 bits per heavy atom. The molecular formula is C19H19N3O4. The van der Waals surface area contributed by atoms with E-state index in [0.29, 0.717) is 36.8 Å². The first kappa shape index (κ1) is 17.6. The van der Waals surface area contributed by atoms with Gasteiger partial charge in [0.05, 0.1) is 31.5 Å². The minimum atomic E-state index is -0.395. The molecule has 7 nitrogen and oxygen atoms in total. The van der Waals surface area contributed by atoms with Crippen molar-refractivity contribution in [1.29, 1.82) is 0 Å². The summed E-state index contributed by atoms with van der Waals surface area (Å²) in [6.07, 6.45) is 6.88. The van der Waals surface area contributed by atoms with E-state index in [0.717, 1.165) is 0 Å². The summed E-state index contributed by atoms with van der Waals surface area (Å²) in [5.41, 5.74) is 0.458. The van der Waals surface area contributed by atoms with Crippen molar-refractivity contribution in [2.45, 2.75) is 6.54 Å². The minimum Gasteiger partial charge on any atom is -0.460 e. The third-order valence-electron chi connectivity index (χ3n) is 3.44. The summed E-state index contributed by atoms with van der Waals surface area (Å²) < 4.78 is 18.0. The molecule has 0 atom stereocenters. The molecule has 0 fully saturated rings. The maximum atomic E-state index is 12.0. The largest absolute Gasteiger partial charge is 0.460 e. The first-order valence-electron chi connectivity index (χ1n) is 8.21. The molecule has 0 radical (unpaired) electrons. The quantitative estimate of drug-likeness (QED) is 0.435. The van der Waals surface area contributed by atoms with E-state index in [9.17, 15) is 4.79 Å². The molecule has 26 heavy (non-hydrogen) atoms. The predicted octanol–water partition coefficient (Wildman–Crippen LogP) is 2.94. The molecule has 0 aliphatic rings. The Morgan fingerprint density at radius 2 is 1.85 bits per heavy atom. The van der Waals surface area contributed by atoms with Gasteiger partial charge in [0.1, 0.15) is 18.1 Å². The number of pyridine rings is 1. The topological polar surface area (TPSA) is 75.5 Å². The third kappa shape index (κ3) is 5.42. The molecule has 0 unspecified atom stereocenters. The van der Waals surface area contributed by atoms with Crippen LogP contribution in [0.4, 0.5) is 0 Å². The van der Waals surface area contributed by atoms with Gasteiger partial charge in [-0.05, 0) is 42.5 Å². The number of hydrogen-bond donors (Lipinski definition) is 0. The molecule has 0 amide bonds. The Hall–Kier alpha value is -3.19. The Bertz CT molecular complexity index is 789. The number of esters is 1. The van der Waals surface area contributed by atoms with Crippen LogP contribution in [-0.2, 0) is 16.0 Å². The number of carbonyl (C=O) groups excluding carboxylic acids is 1. The summed E-state index contributed by atoms with van der Waals surface area (Å²) in [5, 5.41) is 4.07. The number of hydrogen-bond acceptors (Lipinski definition) is 6. The zero-order chi connectivity index (χ0) is 18.0. The van der Waals surface area contributed by atoms with Crippen LogP contribution in [0.3, 0.4) is 0 Å². The van der Waals surface area contributed by atoms with Gasteiger partial charge in [0.15, 0.2) is 0 Å². The summed E-state index contributed by atoms with van der Waals surface area (Å²) in [4.78, 5) is 16.0. The fourth-order valence-electron chi connectivity index (χ4n) is 2.17. The van der Waals surface area contributed by atoms with Gasteiger partial charge in [0, 0.05) is 18.6 Å². The van der Waals surface area contributed by atoms with Crippen LogP contribution >= 0.6 is 0 Å². The fraction of sp³-hybridized carbons (Fsp3) is 0.211. The lowest BCUT2D eigenvalue weighted by molar-refractivity contribution is 0.0303. The van der Waals surface area contributed by atoms with Crippen LogP contribution in [0.2, 0.25) is 0 Å².